The van der Waals surface area contributed by atoms with E-state index in [1.807, 2.05) is 23.7 Å². The van der Waals surface area contributed by atoms with Gasteiger partial charge in [-0.1, -0.05) is 6.92 Å². The molecule has 0 aliphatic heterocycles. The quantitative estimate of drug-likeness (QED) is 0.683. The van der Waals surface area contributed by atoms with Gasteiger partial charge in [-0.3, -0.25) is 0 Å². The molecule has 0 fully saturated rings. The predicted molar refractivity (Wildman–Crippen MR) is 89.6 cm³/mol. The van der Waals surface area contributed by atoms with Crippen LogP contribution in [0.1, 0.15) is 25.0 Å². The van der Waals surface area contributed by atoms with Crippen molar-refractivity contribution in [3.05, 3.63) is 29.4 Å². The predicted octanol–water partition coefficient (Wildman–Crippen LogP) is 2.67. The van der Waals surface area contributed by atoms with E-state index in [2.05, 4.69) is 11.9 Å². The summed E-state index contributed by atoms with van der Waals surface area (Å²) in [6.45, 7) is 3.23. The molecule has 0 bridgehead atoms. The van der Waals surface area contributed by atoms with Gasteiger partial charge < -0.3 is 15.6 Å². The number of thiazole rings is 1. The molecule has 1 unspecified atom stereocenters. The second kappa shape index (κ2) is 6.56. The molecule has 22 heavy (non-hydrogen) atoms. The molecule has 1 atom stereocenters. The smallest absolute Gasteiger partial charge is 0.121 e. The first-order chi connectivity index (χ1) is 10.7. The largest absolute Gasteiger partial charge is 0.493 e. The summed E-state index contributed by atoms with van der Waals surface area (Å²) in [6.07, 6.45) is 0.620. The fourth-order valence-corrected chi connectivity index (χ4v) is 3.23. The van der Waals surface area contributed by atoms with Gasteiger partial charge in [0, 0.05) is 36.9 Å². The zero-order valence-electron chi connectivity index (χ0n) is 12.5. The summed E-state index contributed by atoms with van der Waals surface area (Å²) in [6, 6.07) is 5.90. The molecular weight excluding hydrogens is 298 g/mol. The van der Waals surface area contributed by atoms with Crippen LogP contribution in [0.3, 0.4) is 0 Å². The van der Waals surface area contributed by atoms with E-state index in [1.165, 1.54) is 0 Å². The summed E-state index contributed by atoms with van der Waals surface area (Å²) in [5.74, 6) is 0.927. The number of nitrogens with two attached hydrogens (primary N) is 1. The van der Waals surface area contributed by atoms with Crippen LogP contribution in [0.25, 0.3) is 21.1 Å². The van der Waals surface area contributed by atoms with Crippen molar-refractivity contribution in [2.24, 2.45) is 5.73 Å². The van der Waals surface area contributed by atoms with Crippen molar-refractivity contribution in [3.8, 4) is 5.75 Å². The van der Waals surface area contributed by atoms with Crippen LogP contribution in [0, 0.1) is 0 Å². The Balaban J connectivity index is 2.09. The highest BCUT2D eigenvalue weighted by Gasteiger charge is 2.15. The Morgan fingerprint density at radius 3 is 3.05 bits per heavy atom. The van der Waals surface area contributed by atoms with E-state index >= 15 is 0 Å². The van der Waals surface area contributed by atoms with Crippen LogP contribution in [0.4, 0.5) is 0 Å². The molecule has 6 heteroatoms. The molecule has 0 spiro atoms. The van der Waals surface area contributed by atoms with E-state index in [1.54, 1.807) is 11.3 Å². The Morgan fingerprint density at radius 1 is 1.41 bits per heavy atom. The SMILES string of the molecule is CC(CN)c1nc2cc(OCCCO)ccc2c2scnc12. The molecule has 0 aliphatic rings. The van der Waals surface area contributed by atoms with Crippen LogP contribution in [0.5, 0.6) is 5.75 Å². The van der Waals surface area contributed by atoms with E-state index in [9.17, 15) is 0 Å². The average Bonchev–Trinajstić information content (AvgIpc) is 3.03. The number of fused-ring (bicyclic) bond motifs is 3. The number of benzene rings is 1. The van der Waals surface area contributed by atoms with Gasteiger partial charge >= 0.3 is 0 Å². The van der Waals surface area contributed by atoms with Crippen molar-refractivity contribution >= 4 is 32.5 Å². The minimum absolute atomic E-state index is 0.130. The third-order valence-corrected chi connectivity index (χ3v) is 4.52. The monoisotopic (exact) mass is 317 g/mol. The van der Waals surface area contributed by atoms with Gasteiger partial charge in [0.1, 0.15) is 11.3 Å². The Kier molecular flexibility index (Phi) is 4.52. The lowest BCUT2D eigenvalue weighted by Gasteiger charge is -2.12. The number of rotatable bonds is 6. The molecule has 2 heterocycles. The summed E-state index contributed by atoms with van der Waals surface area (Å²) < 4.78 is 6.78. The van der Waals surface area contributed by atoms with E-state index in [4.69, 9.17) is 20.6 Å². The number of pyridine rings is 1. The van der Waals surface area contributed by atoms with Gasteiger partial charge in [0.25, 0.3) is 0 Å². The Labute approximate surface area is 132 Å². The lowest BCUT2D eigenvalue weighted by Crippen LogP contribution is -2.11. The molecule has 3 rings (SSSR count). The van der Waals surface area contributed by atoms with Crippen LogP contribution >= 0.6 is 11.3 Å². The number of nitrogens with zero attached hydrogens (tertiary/aromatic N) is 2. The highest BCUT2D eigenvalue weighted by atomic mass is 32.1. The Morgan fingerprint density at radius 2 is 2.27 bits per heavy atom. The molecule has 3 aromatic rings. The summed E-state index contributed by atoms with van der Waals surface area (Å²) in [4.78, 5) is 9.23. The van der Waals surface area contributed by atoms with Crippen LogP contribution < -0.4 is 10.5 Å². The average molecular weight is 317 g/mol. The van der Waals surface area contributed by atoms with Crippen molar-refractivity contribution in [3.63, 3.8) is 0 Å². The molecule has 0 amide bonds. The molecule has 0 saturated carbocycles. The van der Waals surface area contributed by atoms with E-state index in [0.29, 0.717) is 19.6 Å². The first-order valence-electron chi connectivity index (χ1n) is 7.35. The normalized spacial score (nSPS) is 12.9. The summed E-state index contributed by atoms with van der Waals surface area (Å²) in [5, 5.41) is 9.91. The van der Waals surface area contributed by atoms with Crippen molar-refractivity contribution < 1.29 is 9.84 Å². The zero-order valence-corrected chi connectivity index (χ0v) is 13.3. The van der Waals surface area contributed by atoms with Gasteiger partial charge in [-0.25, -0.2) is 9.97 Å². The fraction of sp³-hybridized carbons (Fsp3) is 0.375. The number of aliphatic hydroxyl groups is 1. The Bertz CT molecular complexity index is 788. The molecule has 1 aromatic carbocycles. The molecule has 0 aliphatic carbocycles. The van der Waals surface area contributed by atoms with Gasteiger partial charge in [0.2, 0.25) is 0 Å². The maximum absolute atomic E-state index is 8.83. The molecule has 5 nitrogen and oxygen atoms in total. The molecule has 2 aromatic heterocycles. The first-order valence-corrected chi connectivity index (χ1v) is 8.23. The Hall–Kier alpha value is -1.76. The van der Waals surface area contributed by atoms with Crippen LogP contribution in [0.15, 0.2) is 23.7 Å². The number of aliphatic hydroxyl groups excluding tert-OH is 1. The van der Waals surface area contributed by atoms with E-state index in [0.717, 1.165) is 32.6 Å². The van der Waals surface area contributed by atoms with Crippen molar-refractivity contribution in [1.29, 1.82) is 0 Å². The highest BCUT2D eigenvalue weighted by Crippen LogP contribution is 2.33. The van der Waals surface area contributed by atoms with Gasteiger partial charge in [-0.05, 0) is 12.1 Å². The van der Waals surface area contributed by atoms with Crippen molar-refractivity contribution in [2.45, 2.75) is 19.3 Å². The van der Waals surface area contributed by atoms with Crippen molar-refractivity contribution in [2.75, 3.05) is 19.8 Å². The topological polar surface area (TPSA) is 81.3 Å². The lowest BCUT2D eigenvalue weighted by molar-refractivity contribution is 0.233. The van der Waals surface area contributed by atoms with Crippen LogP contribution in [-0.2, 0) is 0 Å². The number of ether oxygens (including phenoxy) is 1. The maximum atomic E-state index is 8.83. The first kappa shape index (κ1) is 15.1. The third-order valence-electron chi connectivity index (χ3n) is 3.66. The van der Waals surface area contributed by atoms with E-state index in [-0.39, 0.29) is 12.5 Å². The summed E-state index contributed by atoms with van der Waals surface area (Å²) in [7, 11) is 0. The number of hydrogen-bond acceptors (Lipinski definition) is 6. The second-order valence-corrected chi connectivity index (χ2v) is 6.12. The van der Waals surface area contributed by atoms with Crippen LogP contribution in [-0.4, -0.2) is 34.8 Å². The highest BCUT2D eigenvalue weighted by molar-refractivity contribution is 7.17. The lowest BCUT2D eigenvalue weighted by atomic mass is 10.0. The molecular formula is C16H19N3O2S. The summed E-state index contributed by atoms with van der Waals surface area (Å²) in [5.41, 5.74) is 10.4. The van der Waals surface area contributed by atoms with Gasteiger partial charge in [-0.2, -0.15) is 0 Å². The summed E-state index contributed by atoms with van der Waals surface area (Å²) >= 11 is 1.62. The molecule has 3 N–H and O–H groups in total. The molecule has 0 radical (unpaired) electrons. The standard InChI is InChI=1S/C16H19N3O2S/c1-10(8-17)14-15-16(22-9-18-15)12-4-3-11(7-13(12)19-14)21-6-2-5-20/h3-4,7,9-10,20H,2,5-6,8,17H2,1H3. The molecule has 116 valence electrons. The third kappa shape index (κ3) is 2.77. The van der Waals surface area contributed by atoms with Crippen molar-refractivity contribution in [1.82, 2.24) is 9.97 Å². The number of hydrogen-bond donors (Lipinski definition) is 2. The zero-order chi connectivity index (χ0) is 15.5. The van der Waals surface area contributed by atoms with Gasteiger partial charge in [0.05, 0.1) is 28.0 Å². The fourth-order valence-electron chi connectivity index (χ4n) is 2.40. The minimum atomic E-state index is 0.130. The van der Waals surface area contributed by atoms with Gasteiger partial charge in [-0.15, -0.1) is 11.3 Å². The van der Waals surface area contributed by atoms with Gasteiger partial charge in [0.15, 0.2) is 0 Å². The second-order valence-electron chi connectivity index (χ2n) is 5.27. The van der Waals surface area contributed by atoms with E-state index < -0.39 is 0 Å². The molecule has 0 saturated heterocycles. The minimum Gasteiger partial charge on any atom is -0.493 e. The van der Waals surface area contributed by atoms with Crippen LogP contribution in [0.2, 0.25) is 0 Å². The maximum Gasteiger partial charge on any atom is 0.121 e. The number of aromatic nitrogens is 2.